The van der Waals surface area contributed by atoms with Gasteiger partial charge in [0.25, 0.3) is 0 Å². The van der Waals surface area contributed by atoms with Crippen LogP contribution in [0.25, 0.3) is 0 Å². The predicted molar refractivity (Wildman–Crippen MR) is 55.2 cm³/mol. The Morgan fingerprint density at radius 1 is 1.36 bits per heavy atom. The van der Waals surface area contributed by atoms with E-state index in [-0.39, 0.29) is 0 Å². The van der Waals surface area contributed by atoms with Crippen LogP contribution in [0.15, 0.2) is 33.6 Å². The van der Waals surface area contributed by atoms with Gasteiger partial charge in [-0.05, 0) is 40.2 Å². The summed E-state index contributed by atoms with van der Waals surface area (Å²) in [4.78, 5) is 1.34. The van der Waals surface area contributed by atoms with E-state index >= 15 is 0 Å². The highest BCUT2D eigenvalue weighted by molar-refractivity contribution is 9.10. The first-order valence-corrected chi connectivity index (χ1v) is 5.49. The van der Waals surface area contributed by atoms with Crippen molar-refractivity contribution in [2.24, 2.45) is 0 Å². The Kier molecular flexibility index (Phi) is 4.02. The number of rotatable bonds is 3. The molecule has 0 saturated carbocycles. The van der Waals surface area contributed by atoms with E-state index in [4.69, 9.17) is 0 Å². The Morgan fingerprint density at radius 3 is 2.73 bits per heavy atom. The van der Waals surface area contributed by atoms with Crippen LogP contribution in [-0.4, -0.2) is 5.75 Å². The molecule has 0 radical (unpaired) electrons. The molecule has 1 aromatic carbocycles. The van der Waals surface area contributed by atoms with Crippen molar-refractivity contribution in [1.82, 2.24) is 0 Å². The molecule has 1 aromatic rings. The van der Waals surface area contributed by atoms with Crippen molar-refractivity contribution >= 4 is 27.7 Å². The molecule has 0 amide bonds. The third-order valence-electron chi connectivity index (χ3n) is 1.30. The first kappa shape index (κ1) is 9.14. The largest absolute Gasteiger partial charge is 0.125 e. The van der Waals surface area contributed by atoms with Crippen LogP contribution in [0.2, 0.25) is 0 Å². The topological polar surface area (TPSA) is 0 Å². The minimum absolute atomic E-state index is 1.20. The first-order valence-electron chi connectivity index (χ1n) is 3.72. The Morgan fingerprint density at radius 2 is 2.09 bits per heavy atom. The molecule has 0 aliphatic heterocycles. The molecule has 0 atom stereocenters. The van der Waals surface area contributed by atoms with Gasteiger partial charge in [0.2, 0.25) is 0 Å². The fourth-order valence-corrected chi connectivity index (χ4v) is 2.21. The van der Waals surface area contributed by atoms with Crippen molar-refractivity contribution in [1.29, 1.82) is 0 Å². The molecule has 1 rings (SSSR count). The SMILES string of the molecule is CCCSc1ccccc1Br. The van der Waals surface area contributed by atoms with Crippen molar-refractivity contribution < 1.29 is 0 Å². The number of benzene rings is 1. The summed E-state index contributed by atoms with van der Waals surface area (Å²) in [5.41, 5.74) is 0. The van der Waals surface area contributed by atoms with E-state index in [0.717, 1.165) is 0 Å². The molecule has 0 bridgehead atoms. The van der Waals surface area contributed by atoms with Crippen LogP contribution >= 0.6 is 27.7 Å². The average molecular weight is 231 g/mol. The van der Waals surface area contributed by atoms with Crippen LogP contribution in [0.1, 0.15) is 13.3 Å². The second-order valence-corrected chi connectivity index (χ2v) is 4.27. The van der Waals surface area contributed by atoms with Crippen LogP contribution in [0.4, 0.5) is 0 Å². The molecular weight excluding hydrogens is 220 g/mol. The molecule has 0 heterocycles. The summed E-state index contributed by atoms with van der Waals surface area (Å²) in [6, 6.07) is 8.34. The standard InChI is InChI=1S/C9H11BrS/c1-2-7-11-9-6-4-3-5-8(9)10/h3-6H,2,7H2,1H3. The Bertz CT molecular complexity index is 223. The second kappa shape index (κ2) is 4.83. The van der Waals surface area contributed by atoms with Gasteiger partial charge in [-0.3, -0.25) is 0 Å². The van der Waals surface area contributed by atoms with E-state index in [0.29, 0.717) is 0 Å². The van der Waals surface area contributed by atoms with E-state index in [2.05, 4.69) is 41.1 Å². The van der Waals surface area contributed by atoms with Gasteiger partial charge in [0.1, 0.15) is 0 Å². The minimum atomic E-state index is 1.20. The molecule has 0 N–H and O–H groups in total. The van der Waals surface area contributed by atoms with Crippen molar-refractivity contribution in [2.75, 3.05) is 5.75 Å². The minimum Gasteiger partial charge on any atom is -0.125 e. The highest BCUT2D eigenvalue weighted by atomic mass is 79.9. The highest BCUT2D eigenvalue weighted by Gasteiger charge is 1.96. The van der Waals surface area contributed by atoms with Crippen LogP contribution in [0.3, 0.4) is 0 Å². The van der Waals surface area contributed by atoms with Crippen LogP contribution in [0, 0.1) is 0 Å². The molecule has 0 aliphatic rings. The van der Waals surface area contributed by atoms with Gasteiger partial charge >= 0.3 is 0 Å². The molecule has 0 aliphatic carbocycles. The fourth-order valence-electron chi connectivity index (χ4n) is 0.774. The Balaban J connectivity index is 2.62. The van der Waals surface area contributed by atoms with Gasteiger partial charge in [-0.1, -0.05) is 19.1 Å². The maximum absolute atomic E-state index is 3.51. The van der Waals surface area contributed by atoms with Gasteiger partial charge in [0.05, 0.1) is 0 Å². The quantitative estimate of drug-likeness (QED) is 0.709. The summed E-state index contributed by atoms with van der Waals surface area (Å²) in [7, 11) is 0. The summed E-state index contributed by atoms with van der Waals surface area (Å²) in [6.45, 7) is 2.20. The molecular formula is C9H11BrS. The van der Waals surface area contributed by atoms with Gasteiger partial charge in [-0.25, -0.2) is 0 Å². The number of halogens is 1. The zero-order chi connectivity index (χ0) is 8.10. The summed E-state index contributed by atoms with van der Waals surface area (Å²) in [6.07, 6.45) is 1.23. The van der Waals surface area contributed by atoms with Gasteiger partial charge < -0.3 is 0 Å². The predicted octanol–water partition coefficient (Wildman–Crippen LogP) is 3.95. The third kappa shape index (κ3) is 2.88. The normalized spacial score (nSPS) is 10.0. The molecule has 2 heteroatoms. The van der Waals surface area contributed by atoms with Gasteiger partial charge in [-0.15, -0.1) is 11.8 Å². The summed E-state index contributed by atoms with van der Waals surface area (Å²) >= 11 is 5.41. The summed E-state index contributed by atoms with van der Waals surface area (Å²) in [5.74, 6) is 1.20. The Hall–Kier alpha value is 0.0500. The van der Waals surface area contributed by atoms with Crippen molar-refractivity contribution in [3.05, 3.63) is 28.7 Å². The van der Waals surface area contributed by atoms with Crippen molar-refractivity contribution in [3.8, 4) is 0 Å². The molecule has 0 saturated heterocycles. The lowest BCUT2D eigenvalue weighted by atomic mass is 10.4. The molecule has 0 aromatic heterocycles. The van der Waals surface area contributed by atoms with E-state index in [1.54, 1.807) is 0 Å². The highest BCUT2D eigenvalue weighted by Crippen LogP contribution is 2.26. The molecule has 60 valence electrons. The summed E-state index contributed by atoms with van der Waals surface area (Å²) in [5, 5.41) is 0. The molecule has 0 unspecified atom stereocenters. The van der Waals surface area contributed by atoms with Gasteiger partial charge in [0.15, 0.2) is 0 Å². The number of hydrogen-bond acceptors (Lipinski definition) is 1. The summed E-state index contributed by atoms with van der Waals surface area (Å²) < 4.78 is 1.21. The van der Waals surface area contributed by atoms with E-state index in [1.807, 2.05) is 17.8 Å². The molecule has 0 nitrogen and oxygen atoms in total. The Labute approximate surface area is 80.5 Å². The van der Waals surface area contributed by atoms with Crippen LogP contribution < -0.4 is 0 Å². The smallest absolute Gasteiger partial charge is 0.0311 e. The van der Waals surface area contributed by atoms with Crippen molar-refractivity contribution in [3.63, 3.8) is 0 Å². The van der Waals surface area contributed by atoms with Crippen LogP contribution in [0.5, 0.6) is 0 Å². The van der Waals surface area contributed by atoms with E-state index in [9.17, 15) is 0 Å². The second-order valence-electron chi connectivity index (χ2n) is 2.28. The molecule has 0 spiro atoms. The molecule has 11 heavy (non-hydrogen) atoms. The zero-order valence-corrected chi connectivity index (χ0v) is 8.91. The van der Waals surface area contributed by atoms with Crippen LogP contribution in [-0.2, 0) is 0 Å². The zero-order valence-electron chi connectivity index (χ0n) is 6.51. The fraction of sp³-hybridized carbons (Fsp3) is 0.333. The monoisotopic (exact) mass is 230 g/mol. The van der Waals surface area contributed by atoms with Gasteiger partial charge in [0, 0.05) is 9.37 Å². The molecule has 0 fully saturated rings. The van der Waals surface area contributed by atoms with E-state index in [1.165, 1.54) is 21.5 Å². The average Bonchev–Trinajstić information content (AvgIpc) is 2.03. The lowest BCUT2D eigenvalue weighted by Crippen LogP contribution is -1.76. The lowest BCUT2D eigenvalue weighted by molar-refractivity contribution is 1.10. The van der Waals surface area contributed by atoms with E-state index < -0.39 is 0 Å². The first-order chi connectivity index (χ1) is 5.34. The third-order valence-corrected chi connectivity index (χ3v) is 3.53. The lowest BCUT2D eigenvalue weighted by Gasteiger charge is -2.00. The maximum Gasteiger partial charge on any atom is 0.0311 e. The number of thioether (sulfide) groups is 1. The van der Waals surface area contributed by atoms with Crippen molar-refractivity contribution in [2.45, 2.75) is 18.2 Å². The van der Waals surface area contributed by atoms with Gasteiger partial charge in [-0.2, -0.15) is 0 Å². The number of hydrogen-bond donors (Lipinski definition) is 0. The maximum atomic E-state index is 3.51.